The molecule has 1 aromatic carbocycles. The number of rotatable bonds is 5. The molecule has 0 aliphatic rings. The normalized spacial score (nSPS) is 11.3. The Kier molecular flexibility index (Phi) is 6.16. The lowest BCUT2D eigenvalue weighted by Crippen LogP contribution is -2.45. The van der Waals surface area contributed by atoms with Crippen molar-refractivity contribution in [1.29, 1.82) is 0 Å². The molecular weight excluding hydrogens is 280 g/mol. The number of amides is 2. The molecule has 0 aromatic heterocycles. The molecule has 120 valence electrons. The Balaban J connectivity index is 2.58. The van der Waals surface area contributed by atoms with Crippen molar-refractivity contribution in [3.05, 3.63) is 35.4 Å². The van der Waals surface area contributed by atoms with E-state index in [1.165, 1.54) is 6.08 Å². The predicted molar refractivity (Wildman–Crippen MR) is 87.7 cm³/mol. The molecule has 5 heteroatoms. The summed E-state index contributed by atoms with van der Waals surface area (Å²) >= 11 is 0. The van der Waals surface area contributed by atoms with E-state index >= 15 is 0 Å². The van der Waals surface area contributed by atoms with Gasteiger partial charge in [-0.05, 0) is 45.9 Å². The average Bonchev–Trinajstić information content (AvgIpc) is 2.41. The van der Waals surface area contributed by atoms with Crippen LogP contribution in [0.5, 0.6) is 5.75 Å². The summed E-state index contributed by atoms with van der Waals surface area (Å²) in [6.07, 6.45) is 3.06. The van der Waals surface area contributed by atoms with Crippen LogP contribution in [-0.2, 0) is 9.59 Å². The van der Waals surface area contributed by atoms with E-state index in [9.17, 15) is 9.59 Å². The molecule has 0 unspecified atom stereocenters. The molecule has 1 rings (SSSR count). The van der Waals surface area contributed by atoms with E-state index in [2.05, 4.69) is 10.6 Å². The zero-order valence-corrected chi connectivity index (χ0v) is 13.8. The van der Waals surface area contributed by atoms with Gasteiger partial charge in [-0.2, -0.15) is 0 Å². The lowest BCUT2D eigenvalue weighted by molar-refractivity contribution is -0.124. The summed E-state index contributed by atoms with van der Waals surface area (Å²) in [5.41, 5.74) is 1.58. The van der Waals surface area contributed by atoms with E-state index in [1.54, 1.807) is 13.2 Å². The Labute approximate surface area is 131 Å². The molecular formula is C17H24N2O3. The van der Waals surface area contributed by atoms with E-state index in [-0.39, 0.29) is 23.9 Å². The minimum absolute atomic E-state index is 0.0502. The van der Waals surface area contributed by atoms with Crippen molar-refractivity contribution < 1.29 is 14.3 Å². The zero-order valence-electron chi connectivity index (χ0n) is 13.8. The number of benzene rings is 1. The second-order valence-corrected chi connectivity index (χ2v) is 6.09. The van der Waals surface area contributed by atoms with Crippen LogP contribution in [0.4, 0.5) is 0 Å². The van der Waals surface area contributed by atoms with Gasteiger partial charge < -0.3 is 15.4 Å². The maximum atomic E-state index is 11.8. The smallest absolute Gasteiger partial charge is 0.244 e. The van der Waals surface area contributed by atoms with Crippen molar-refractivity contribution in [1.82, 2.24) is 10.6 Å². The van der Waals surface area contributed by atoms with Crippen LogP contribution in [0.25, 0.3) is 6.08 Å². The number of ether oxygens (including phenoxy) is 1. The van der Waals surface area contributed by atoms with Crippen molar-refractivity contribution in [2.24, 2.45) is 0 Å². The Morgan fingerprint density at radius 3 is 2.55 bits per heavy atom. The van der Waals surface area contributed by atoms with Crippen molar-refractivity contribution in [3.8, 4) is 5.75 Å². The Morgan fingerprint density at radius 1 is 1.27 bits per heavy atom. The summed E-state index contributed by atoms with van der Waals surface area (Å²) < 4.78 is 5.24. The summed E-state index contributed by atoms with van der Waals surface area (Å²) in [6, 6.07) is 5.71. The van der Waals surface area contributed by atoms with Gasteiger partial charge in [0.05, 0.1) is 13.7 Å². The molecule has 0 aliphatic heterocycles. The maximum absolute atomic E-state index is 11.8. The molecule has 0 saturated heterocycles. The lowest BCUT2D eigenvalue weighted by Gasteiger charge is -2.20. The molecule has 0 saturated carbocycles. The van der Waals surface area contributed by atoms with Gasteiger partial charge in [-0.3, -0.25) is 9.59 Å². The largest absolute Gasteiger partial charge is 0.496 e. The molecule has 0 fully saturated rings. The number of nitrogens with one attached hydrogen (secondary N) is 2. The summed E-state index contributed by atoms with van der Waals surface area (Å²) in [5.74, 6) is 0.148. The molecule has 5 nitrogen and oxygen atoms in total. The van der Waals surface area contributed by atoms with Gasteiger partial charge in [0.25, 0.3) is 0 Å². The number of carbonyl (C=O) groups excluding carboxylic acids is 2. The Hall–Kier alpha value is -2.30. The number of methoxy groups -OCH3 is 1. The van der Waals surface area contributed by atoms with E-state index in [0.29, 0.717) is 5.75 Å². The molecule has 0 aliphatic carbocycles. The maximum Gasteiger partial charge on any atom is 0.244 e. The first-order valence-electron chi connectivity index (χ1n) is 7.13. The molecule has 0 heterocycles. The Bertz CT molecular complexity index is 572. The molecule has 0 atom stereocenters. The fraction of sp³-hybridized carbons (Fsp3) is 0.412. The third-order valence-electron chi connectivity index (χ3n) is 2.74. The molecule has 2 amide bonds. The summed E-state index contributed by atoms with van der Waals surface area (Å²) in [6.45, 7) is 7.57. The van der Waals surface area contributed by atoms with E-state index in [1.807, 2.05) is 45.9 Å². The van der Waals surface area contributed by atoms with Crippen LogP contribution in [0.3, 0.4) is 0 Å². The third-order valence-corrected chi connectivity index (χ3v) is 2.74. The van der Waals surface area contributed by atoms with E-state index in [4.69, 9.17) is 4.74 Å². The van der Waals surface area contributed by atoms with Gasteiger partial charge in [0.15, 0.2) is 0 Å². The van der Waals surface area contributed by atoms with Gasteiger partial charge in [-0.25, -0.2) is 0 Å². The van der Waals surface area contributed by atoms with Gasteiger partial charge in [0.1, 0.15) is 5.75 Å². The highest BCUT2D eigenvalue weighted by Crippen LogP contribution is 2.20. The standard InChI is InChI=1S/C17H24N2O3/c1-12-6-8-14(22-5)13(10-12)7-9-15(20)18-11-16(21)19-17(2,3)4/h6-10H,11H2,1-5H3,(H,18,20)(H,19,21)/b9-7+. The highest BCUT2D eigenvalue weighted by molar-refractivity contribution is 5.94. The summed E-state index contributed by atoms with van der Waals surface area (Å²) in [7, 11) is 1.58. The molecule has 22 heavy (non-hydrogen) atoms. The SMILES string of the molecule is COc1ccc(C)cc1/C=C/C(=O)NCC(=O)NC(C)(C)C. The first kappa shape index (κ1) is 17.8. The predicted octanol–water partition coefficient (Wildman–Crippen LogP) is 2.05. The van der Waals surface area contributed by atoms with Crippen LogP contribution >= 0.6 is 0 Å². The van der Waals surface area contributed by atoms with Crippen LogP contribution < -0.4 is 15.4 Å². The van der Waals surface area contributed by atoms with Gasteiger partial charge >= 0.3 is 0 Å². The first-order valence-corrected chi connectivity index (χ1v) is 7.13. The average molecular weight is 304 g/mol. The summed E-state index contributed by atoms with van der Waals surface area (Å²) in [5, 5.41) is 5.33. The molecule has 0 radical (unpaired) electrons. The Morgan fingerprint density at radius 2 is 1.95 bits per heavy atom. The van der Waals surface area contributed by atoms with E-state index < -0.39 is 0 Å². The van der Waals surface area contributed by atoms with Gasteiger partial charge in [-0.1, -0.05) is 11.6 Å². The second-order valence-electron chi connectivity index (χ2n) is 6.09. The van der Waals surface area contributed by atoms with Crippen molar-refractivity contribution >= 4 is 17.9 Å². The number of aryl methyl sites for hydroxylation is 1. The minimum Gasteiger partial charge on any atom is -0.496 e. The van der Waals surface area contributed by atoms with Crippen molar-refractivity contribution in [2.45, 2.75) is 33.2 Å². The lowest BCUT2D eigenvalue weighted by atomic mass is 10.1. The van der Waals surface area contributed by atoms with E-state index in [0.717, 1.165) is 11.1 Å². The highest BCUT2D eigenvalue weighted by atomic mass is 16.5. The van der Waals surface area contributed by atoms with Gasteiger partial charge in [-0.15, -0.1) is 0 Å². The number of carbonyl (C=O) groups is 2. The topological polar surface area (TPSA) is 67.4 Å². The fourth-order valence-electron chi connectivity index (χ4n) is 1.84. The van der Waals surface area contributed by atoms with Crippen molar-refractivity contribution in [3.63, 3.8) is 0 Å². The number of hydrogen-bond acceptors (Lipinski definition) is 3. The number of hydrogen-bond donors (Lipinski definition) is 2. The minimum atomic E-state index is -0.326. The highest BCUT2D eigenvalue weighted by Gasteiger charge is 2.13. The monoisotopic (exact) mass is 304 g/mol. The van der Waals surface area contributed by atoms with Crippen LogP contribution in [0.15, 0.2) is 24.3 Å². The molecule has 1 aromatic rings. The van der Waals surface area contributed by atoms with Crippen LogP contribution in [0.1, 0.15) is 31.9 Å². The quantitative estimate of drug-likeness (QED) is 0.818. The molecule has 2 N–H and O–H groups in total. The third kappa shape index (κ3) is 6.43. The fourth-order valence-corrected chi connectivity index (χ4v) is 1.84. The summed E-state index contributed by atoms with van der Waals surface area (Å²) in [4.78, 5) is 23.4. The molecule has 0 spiro atoms. The first-order chi connectivity index (χ1) is 10.2. The van der Waals surface area contributed by atoms with Crippen LogP contribution in [0.2, 0.25) is 0 Å². The zero-order chi connectivity index (χ0) is 16.8. The van der Waals surface area contributed by atoms with Crippen LogP contribution in [-0.4, -0.2) is 31.0 Å². The van der Waals surface area contributed by atoms with Crippen molar-refractivity contribution in [2.75, 3.05) is 13.7 Å². The van der Waals surface area contributed by atoms with Crippen LogP contribution in [0, 0.1) is 6.92 Å². The second kappa shape index (κ2) is 7.64. The van der Waals surface area contributed by atoms with Gasteiger partial charge in [0, 0.05) is 17.2 Å². The molecule has 0 bridgehead atoms. The van der Waals surface area contributed by atoms with Gasteiger partial charge in [0.2, 0.25) is 11.8 Å².